The molecule has 1 aromatic heterocycles. The molecule has 0 bridgehead atoms. The average molecular weight is 421 g/mol. The van der Waals surface area contributed by atoms with E-state index in [0.717, 1.165) is 30.0 Å². The lowest BCUT2D eigenvalue weighted by Gasteiger charge is -2.18. The minimum Gasteiger partial charge on any atom is -0.465 e. The standard InChI is InChI=1S/C17H20F5N5O2/c1-4-6-14(28-11(3)16(18,19)20)24-10-27-13(9-23-5-2)25-26-15(27)17(21,22)29-12-7-8-12/h4,6,9-12H,1,5,7-8H2,2-3H3/b14-6+,23-9?,24-10?/t11-/m1/s1. The zero-order valence-electron chi connectivity index (χ0n) is 15.7. The van der Waals surface area contributed by atoms with Crippen molar-refractivity contribution in [2.75, 3.05) is 6.54 Å². The maximum atomic E-state index is 14.4. The van der Waals surface area contributed by atoms with Crippen molar-refractivity contribution < 1.29 is 31.4 Å². The van der Waals surface area contributed by atoms with Gasteiger partial charge in [-0.05, 0) is 32.8 Å². The summed E-state index contributed by atoms with van der Waals surface area (Å²) < 4.78 is 77.2. The Kier molecular flexibility index (Phi) is 7.22. The van der Waals surface area contributed by atoms with E-state index < -0.39 is 36.2 Å². The highest BCUT2D eigenvalue weighted by atomic mass is 19.4. The molecule has 1 aromatic rings. The Labute approximate surface area is 163 Å². The summed E-state index contributed by atoms with van der Waals surface area (Å²) in [5.41, 5.74) is 0. The van der Waals surface area contributed by atoms with Crippen molar-refractivity contribution in [3.8, 4) is 0 Å². The van der Waals surface area contributed by atoms with Crippen LogP contribution in [0.4, 0.5) is 22.0 Å². The number of aliphatic imine (C=N–C) groups is 2. The van der Waals surface area contributed by atoms with Gasteiger partial charge >= 0.3 is 12.3 Å². The molecule has 1 heterocycles. The van der Waals surface area contributed by atoms with Crippen molar-refractivity contribution in [2.24, 2.45) is 9.98 Å². The van der Waals surface area contributed by atoms with Crippen LogP contribution >= 0.6 is 0 Å². The number of aromatic nitrogens is 3. The highest BCUT2D eigenvalue weighted by Gasteiger charge is 2.45. The Morgan fingerprint density at radius 2 is 2.00 bits per heavy atom. The molecule has 0 saturated heterocycles. The maximum Gasteiger partial charge on any atom is 0.425 e. The van der Waals surface area contributed by atoms with Gasteiger partial charge in [-0.25, -0.2) is 4.99 Å². The molecule has 0 aliphatic heterocycles. The first kappa shape index (κ1) is 22.7. The summed E-state index contributed by atoms with van der Waals surface area (Å²) in [7, 11) is 0. The summed E-state index contributed by atoms with van der Waals surface area (Å²) in [6.45, 7) is 6.22. The number of rotatable bonds is 10. The molecule has 0 aromatic carbocycles. The first-order valence-corrected chi connectivity index (χ1v) is 8.69. The molecule has 1 aliphatic carbocycles. The van der Waals surface area contributed by atoms with Gasteiger partial charge in [0, 0.05) is 6.54 Å². The Morgan fingerprint density at radius 3 is 2.55 bits per heavy atom. The van der Waals surface area contributed by atoms with Crippen LogP contribution < -0.4 is 0 Å². The van der Waals surface area contributed by atoms with Crippen molar-refractivity contribution in [1.82, 2.24) is 14.8 Å². The van der Waals surface area contributed by atoms with Crippen molar-refractivity contribution in [3.05, 3.63) is 36.3 Å². The molecular weight excluding hydrogens is 401 g/mol. The molecule has 1 saturated carbocycles. The predicted molar refractivity (Wildman–Crippen MR) is 94.9 cm³/mol. The molecular formula is C17H20F5N5O2. The smallest absolute Gasteiger partial charge is 0.425 e. The lowest BCUT2D eigenvalue weighted by molar-refractivity contribution is -0.261. The SMILES string of the molecule is C=C/C=C(\N=Cn1c(C=NCC)nnc1C(F)(F)OC1CC1)O[C@H](C)C(F)(F)F. The molecule has 7 nitrogen and oxygen atoms in total. The number of ether oxygens (including phenoxy) is 2. The molecule has 160 valence electrons. The van der Waals surface area contributed by atoms with E-state index in [9.17, 15) is 22.0 Å². The highest BCUT2D eigenvalue weighted by molar-refractivity contribution is 5.79. The second-order valence-corrected chi connectivity index (χ2v) is 6.00. The van der Waals surface area contributed by atoms with Crippen molar-refractivity contribution in [1.29, 1.82) is 0 Å². The molecule has 29 heavy (non-hydrogen) atoms. The van der Waals surface area contributed by atoms with Crippen molar-refractivity contribution in [2.45, 2.75) is 51.2 Å². The van der Waals surface area contributed by atoms with Gasteiger partial charge in [0.15, 0.2) is 11.9 Å². The van der Waals surface area contributed by atoms with E-state index in [4.69, 9.17) is 4.74 Å². The first-order valence-electron chi connectivity index (χ1n) is 8.69. The molecule has 1 aliphatic rings. The van der Waals surface area contributed by atoms with E-state index in [-0.39, 0.29) is 5.82 Å². The van der Waals surface area contributed by atoms with Crippen LogP contribution in [-0.2, 0) is 15.6 Å². The topological polar surface area (TPSA) is 73.9 Å². The van der Waals surface area contributed by atoms with Crippen LogP contribution in [0.1, 0.15) is 38.3 Å². The Hall–Kier alpha value is -2.63. The number of hydrogen-bond acceptors (Lipinski definition) is 6. The van der Waals surface area contributed by atoms with Crippen LogP contribution in [0.15, 0.2) is 34.6 Å². The third-order valence-electron chi connectivity index (χ3n) is 3.53. The molecule has 0 radical (unpaired) electrons. The second-order valence-electron chi connectivity index (χ2n) is 6.00. The highest BCUT2D eigenvalue weighted by Crippen LogP contribution is 2.36. The Bertz CT molecular complexity index is 797. The minimum absolute atomic E-state index is 0.105. The van der Waals surface area contributed by atoms with Crippen LogP contribution in [0.5, 0.6) is 0 Å². The van der Waals surface area contributed by atoms with Gasteiger partial charge in [-0.2, -0.15) is 22.0 Å². The van der Waals surface area contributed by atoms with E-state index in [2.05, 4.69) is 31.5 Å². The van der Waals surface area contributed by atoms with Crippen LogP contribution in [0.25, 0.3) is 0 Å². The fraction of sp³-hybridized carbons (Fsp3) is 0.529. The van der Waals surface area contributed by atoms with Gasteiger partial charge in [0.05, 0.1) is 12.3 Å². The summed E-state index contributed by atoms with van der Waals surface area (Å²) in [5, 5.41) is 7.06. The van der Waals surface area contributed by atoms with Gasteiger partial charge in [0.1, 0.15) is 6.34 Å². The number of hydrogen-bond donors (Lipinski definition) is 0. The predicted octanol–water partition coefficient (Wildman–Crippen LogP) is 3.82. The summed E-state index contributed by atoms with van der Waals surface area (Å²) in [6.07, 6.45) is -5.98. The average Bonchev–Trinajstić information content (AvgIpc) is 3.32. The molecule has 12 heteroatoms. The molecule has 0 spiro atoms. The molecule has 1 atom stereocenters. The van der Waals surface area contributed by atoms with E-state index in [1.807, 2.05) is 0 Å². The van der Waals surface area contributed by atoms with Gasteiger partial charge in [-0.15, -0.1) is 10.2 Å². The number of nitrogens with zero attached hydrogens (tertiary/aromatic N) is 5. The van der Waals surface area contributed by atoms with Crippen LogP contribution in [-0.4, -0.2) is 52.2 Å². The van der Waals surface area contributed by atoms with E-state index in [1.54, 1.807) is 6.92 Å². The first-order chi connectivity index (χ1) is 13.6. The van der Waals surface area contributed by atoms with Crippen molar-refractivity contribution in [3.63, 3.8) is 0 Å². The van der Waals surface area contributed by atoms with Crippen LogP contribution in [0.3, 0.4) is 0 Å². The lowest BCUT2D eigenvalue weighted by atomic mass is 10.4. The van der Waals surface area contributed by atoms with Gasteiger partial charge < -0.3 is 9.47 Å². The summed E-state index contributed by atoms with van der Waals surface area (Å²) in [6, 6.07) is 0. The summed E-state index contributed by atoms with van der Waals surface area (Å²) >= 11 is 0. The third-order valence-corrected chi connectivity index (χ3v) is 3.53. The molecule has 2 rings (SSSR count). The maximum absolute atomic E-state index is 14.4. The molecule has 0 amide bonds. The summed E-state index contributed by atoms with van der Waals surface area (Å²) in [4.78, 5) is 7.63. The van der Waals surface area contributed by atoms with Gasteiger partial charge in [0.25, 0.3) is 0 Å². The summed E-state index contributed by atoms with van der Waals surface area (Å²) in [5.74, 6) is -1.48. The fourth-order valence-corrected chi connectivity index (χ4v) is 1.90. The monoisotopic (exact) mass is 421 g/mol. The zero-order valence-corrected chi connectivity index (χ0v) is 15.7. The zero-order chi connectivity index (χ0) is 21.7. The molecule has 0 N–H and O–H groups in total. The van der Waals surface area contributed by atoms with Crippen LogP contribution in [0.2, 0.25) is 0 Å². The number of alkyl halides is 5. The fourth-order valence-electron chi connectivity index (χ4n) is 1.90. The largest absolute Gasteiger partial charge is 0.465 e. The Balaban J connectivity index is 2.36. The lowest BCUT2D eigenvalue weighted by Crippen LogP contribution is -2.28. The van der Waals surface area contributed by atoms with Gasteiger partial charge in [0.2, 0.25) is 11.7 Å². The Morgan fingerprint density at radius 1 is 1.31 bits per heavy atom. The van der Waals surface area contributed by atoms with E-state index in [1.165, 1.54) is 6.21 Å². The van der Waals surface area contributed by atoms with Crippen molar-refractivity contribution >= 4 is 12.6 Å². The van der Waals surface area contributed by atoms with Crippen LogP contribution in [0, 0.1) is 0 Å². The minimum atomic E-state index is -4.64. The van der Waals surface area contributed by atoms with Gasteiger partial charge in [-0.3, -0.25) is 9.56 Å². The molecule has 0 unspecified atom stereocenters. The van der Waals surface area contributed by atoms with Gasteiger partial charge in [-0.1, -0.05) is 12.7 Å². The normalized spacial score (nSPS) is 17.3. The third kappa shape index (κ3) is 6.44. The molecule has 1 fully saturated rings. The number of halogens is 5. The quantitative estimate of drug-likeness (QED) is 0.189. The van der Waals surface area contributed by atoms with E-state index >= 15 is 0 Å². The second kappa shape index (κ2) is 9.25. The van der Waals surface area contributed by atoms with E-state index in [0.29, 0.717) is 19.4 Å². The number of allylic oxidation sites excluding steroid dienone is 2.